The summed E-state index contributed by atoms with van der Waals surface area (Å²) in [6, 6.07) is 5.26. The molecule has 15 heavy (non-hydrogen) atoms. The third-order valence-corrected chi connectivity index (χ3v) is 3.50. The Labute approximate surface area is 90.5 Å². The van der Waals surface area contributed by atoms with Crippen molar-refractivity contribution >= 4 is 0 Å². The van der Waals surface area contributed by atoms with E-state index >= 15 is 0 Å². The number of hydrogen-bond acceptors (Lipinski definition) is 1. The van der Waals surface area contributed by atoms with Crippen LogP contribution in [-0.4, -0.2) is 0 Å². The minimum absolute atomic E-state index is 0.0526. The summed E-state index contributed by atoms with van der Waals surface area (Å²) in [5.74, 6) is 1.14. The van der Waals surface area contributed by atoms with Gasteiger partial charge in [0.2, 0.25) is 0 Å². The third kappa shape index (κ3) is 2.20. The van der Waals surface area contributed by atoms with Gasteiger partial charge in [-0.2, -0.15) is 0 Å². The van der Waals surface area contributed by atoms with Crippen LogP contribution >= 0.6 is 0 Å². The summed E-state index contributed by atoms with van der Waals surface area (Å²) >= 11 is 0. The Balaban J connectivity index is 2.17. The highest BCUT2D eigenvalue weighted by atomic mass is 19.1. The zero-order valence-electron chi connectivity index (χ0n) is 9.33. The van der Waals surface area contributed by atoms with Gasteiger partial charge in [0.15, 0.2) is 0 Å². The van der Waals surface area contributed by atoms with Gasteiger partial charge in [0.1, 0.15) is 5.82 Å². The van der Waals surface area contributed by atoms with Gasteiger partial charge in [-0.05, 0) is 48.8 Å². The Bertz CT molecular complexity index is 358. The molecule has 1 fully saturated rings. The Morgan fingerprint density at radius 3 is 2.60 bits per heavy atom. The molecule has 0 aliphatic heterocycles. The van der Waals surface area contributed by atoms with Gasteiger partial charge >= 0.3 is 0 Å². The van der Waals surface area contributed by atoms with Gasteiger partial charge in [0, 0.05) is 6.04 Å². The molecule has 2 heteroatoms. The second-order valence-corrected chi connectivity index (χ2v) is 4.73. The lowest BCUT2D eigenvalue weighted by molar-refractivity contribution is 0.416. The Morgan fingerprint density at radius 2 is 2.07 bits per heavy atom. The largest absolute Gasteiger partial charge is 0.324 e. The van der Waals surface area contributed by atoms with E-state index in [1.807, 2.05) is 12.1 Å². The smallest absolute Gasteiger partial charge is 0.126 e. The Kier molecular flexibility index (Phi) is 2.79. The van der Waals surface area contributed by atoms with Crippen LogP contribution in [-0.2, 0) is 0 Å². The van der Waals surface area contributed by atoms with Gasteiger partial charge in [-0.1, -0.05) is 19.1 Å². The van der Waals surface area contributed by atoms with Crippen molar-refractivity contribution in [3.63, 3.8) is 0 Å². The maximum absolute atomic E-state index is 13.1. The molecule has 0 amide bonds. The minimum Gasteiger partial charge on any atom is -0.324 e. The van der Waals surface area contributed by atoms with Crippen molar-refractivity contribution in [2.45, 2.75) is 32.7 Å². The minimum atomic E-state index is -0.148. The zero-order valence-corrected chi connectivity index (χ0v) is 9.33. The van der Waals surface area contributed by atoms with Crippen LogP contribution in [0.25, 0.3) is 0 Å². The summed E-state index contributed by atoms with van der Waals surface area (Å²) in [5.41, 5.74) is 7.93. The first-order valence-electron chi connectivity index (χ1n) is 5.61. The molecule has 1 saturated carbocycles. The summed E-state index contributed by atoms with van der Waals surface area (Å²) in [6.07, 6.45) is 2.60. The molecule has 82 valence electrons. The summed E-state index contributed by atoms with van der Waals surface area (Å²) < 4.78 is 13.1. The van der Waals surface area contributed by atoms with E-state index in [1.165, 1.54) is 18.9 Å². The standard InChI is InChI=1S/C13H18FN/c1-8-7-11(5-6-12(8)14)13(15)9(2)10-3-4-10/h5-7,9-10,13H,3-4,15H2,1-2H3. The molecule has 1 aliphatic carbocycles. The third-order valence-electron chi connectivity index (χ3n) is 3.50. The van der Waals surface area contributed by atoms with Crippen molar-refractivity contribution in [3.05, 3.63) is 35.1 Å². The number of halogens is 1. The van der Waals surface area contributed by atoms with Crippen molar-refractivity contribution in [1.82, 2.24) is 0 Å². The molecule has 2 atom stereocenters. The maximum Gasteiger partial charge on any atom is 0.126 e. The molecule has 0 radical (unpaired) electrons. The molecule has 1 aromatic carbocycles. The van der Waals surface area contributed by atoms with Gasteiger partial charge in [0.05, 0.1) is 0 Å². The van der Waals surface area contributed by atoms with Gasteiger partial charge < -0.3 is 5.73 Å². The average Bonchev–Trinajstić information content (AvgIpc) is 3.03. The van der Waals surface area contributed by atoms with E-state index in [1.54, 1.807) is 6.92 Å². The van der Waals surface area contributed by atoms with E-state index in [0.717, 1.165) is 11.5 Å². The van der Waals surface area contributed by atoms with Gasteiger partial charge in [-0.15, -0.1) is 0 Å². The molecular weight excluding hydrogens is 189 g/mol. The molecule has 2 unspecified atom stereocenters. The van der Waals surface area contributed by atoms with Crippen LogP contribution in [0, 0.1) is 24.6 Å². The van der Waals surface area contributed by atoms with E-state index in [0.29, 0.717) is 11.5 Å². The second kappa shape index (κ2) is 3.93. The first-order chi connectivity index (χ1) is 7.09. The van der Waals surface area contributed by atoms with E-state index in [4.69, 9.17) is 5.73 Å². The maximum atomic E-state index is 13.1. The van der Waals surface area contributed by atoms with Crippen molar-refractivity contribution in [1.29, 1.82) is 0 Å². The Hall–Kier alpha value is -0.890. The topological polar surface area (TPSA) is 26.0 Å². The fourth-order valence-electron chi connectivity index (χ4n) is 2.09. The molecule has 1 aromatic rings. The SMILES string of the molecule is Cc1cc(C(N)C(C)C2CC2)ccc1F. The number of aryl methyl sites for hydroxylation is 1. The van der Waals surface area contributed by atoms with Crippen LogP contribution < -0.4 is 5.73 Å². The Morgan fingerprint density at radius 1 is 1.40 bits per heavy atom. The molecule has 0 spiro atoms. The van der Waals surface area contributed by atoms with E-state index in [2.05, 4.69) is 6.92 Å². The molecule has 0 bridgehead atoms. The summed E-state index contributed by atoms with van der Waals surface area (Å²) in [4.78, 5) is 0. The van der Waals surface area contributed by atoms with Gasteiger partial charge in [-0.3, -0.25) is 0 Å². The van der Waals surface area contributed by atoms with Crippen molar-refractivity contribution < 1.29 is 4.39 Å². The molecule has 0 aromatic heterocycles. The molecule has 2 rings (SSSR count). The quantitative estimate of drug-likeness (QED) is 0.809. The number of rotatable bonds is 3. The van der Waals surface area contributed by atoms with Crippen molar-refractivity contribution in [2.75, 3.05) is 0 Å². The normalized spacial score (nSPS) is 20.0. The first kappa shape index (κ1) is 10.6. The van der Waals surface area contributed by atoms with Gasteiger partial charge in [-0.25, -0.2) is 4.39 Å². The lowest BCUT2D eigenvalue weighted by Gasteiger charge is -2.20. The summed E-state index contributed by atoms with van der Waals surface area (Å²) in [7, 11) is 0. The molecule has 2 N–H and O–H groups in total. The lowest BCUT2D eigenvalue weighted by atomic mass is 9.91. The van der Waals surface area contributed by atoms with Crippen LogP contribution in [0.1, 0.15) is 36.9 Å². The second-order valence-electron chi connectivity index (χ2n) is 4.73. The van der Waals surface area contributed by atoms with Crippen LogP contribution in [0.5, 0.6) is 0 Å². The predicted octanol–water partition coefficient (Wildman–Crippen LogP) is 3.18. The summed E-state index contributed by atoms with van der Waals surface area (Å²) in [5, 5.41) is 0. The fraction of sp³-hybridized carbons (Fsp3) is 0.538. The highest BCUT2D eigenvalue weighted by Crippen LogP contribution is 2.41. The lowest BCUT2D eigenvalue weighted by Crippen LogP contribution is -2.20. The first-order valence-corrected chi connectivity index (χ1v) is 5.61. The van der Waals surface area contributed by atoms with Crippen LogP contribution in [0.2, 0.25) is 0 Å². The van der Waals surface area contributed by atoms with Crippen molar-refractivity contribution in [3.8, 4) is 0 Å². The molecule has 1 nitrogen and oxygen atoms in total. The van der Waals surface area contributed by atoms with Crippen LogP contribution in [0.4, 0.5) is 4.39 Å². The molecule has 0 heterocycles. The molecule has 0 saturated heterocycles. The molecule has 1 aliphatic rings. The zero-order chi connectivity index (χ0) is 11.0. The highest BCUT2D eigenvalue weighted by Gasteiger charge is 2.32. The highest BCUT2D eigenvalue weighted by molar-refractivity contribution is 5.27. The predicted molar refractivity (Wildman–Crippen MR) is 60.0 cm³/mol. The summed E-state index contributed by atoms with van der Waals surface area (Å²) in [6.45, 7) is 3.98. The van der Waals surface area contributed by atoms with Gasteiger partial charge in [0.25, 0.3) is 0 Å². The number of benzene rings is 1. The molecular formula is C13H18FN. The number of nitrogens with two attached hydrogens (primary N) is 1. The van der Waals surface area contributed by atoms with Crippen LogP contribution in [0.15, 0.2) is 18.2 Å². The van der Waals surface area contributed by atoms with E-state index in [-0.39, 0.29) is 11.9 Å². The monoisotopic (exact) mass is 207 g/mol. The average molecular weight is 207 g/mol. The van der Waals surface area contributed by atoms with Crippen molar-refractivity contribution in [2.24, 2.45) is 17.6 Å². The van der Waals surface area contributed by atoms with E-state index in [9.17, 15) is 4.39 Å². The number of hydrogen-bond donors (Lipinski definition) is 1. The fourth-order valence-corrected chi connectivity index (χ4v) is 2.09. The van der Waals surface area contributed by atoms with Crippen LogP contribution in [0.3, 0.4) is 0 Å². The van der Waals surface area contributed by atoms with E-state index < -0.39 is 0 Å².